The third kappa shape index (κ3) is 2.76. The summed E-state index contributed by atoms with van der Waals surface area (Å²) in [5.41, 5.74) is 5.79. The molecular formula is C14H15N7O2. The second-order valence-electron chi connectivity index (χ2n) is 5.00. The molecule has 0 aliphatic rings. The molecule has 3 aromatic rings. The van der Waals surface area contributed by atoms with Crippen molar-refractivity contribution in [1.82, 2.24) is 24.4 Å². The van der Waals surface area contributed by atoms with Gasteiger partial charge in [-0.05, 0) is 12.1 Å². The Hall–Kier alpha value is -3.23. The fourth-order valence-electron chi connectivity index (χ4n) is 2.21. The SMILES string of the molecule is CN(CCn1nnc2c(C(N)=O)ncn2c1=O)c1ccccc1. The number of hydrogen-bond donors (Lipinski definition) is 1. The molecule has 9 heteroatoms. The second-order valence-corrected chi connectivity index (χ2v) is 5.00. The minimum Gasteiger partial charge on any atom is -0.373 e. The largest absolute Gasteiger partial charge is 0.373 e. The molecule has 0 radical (unpaired) electrons. The van der Waals surface area contributed by atoms with Crippen molar-refractivity contribution in [3.63, 3.8) is 0 Å². The molecule has 2 aromatic heterocycles. The lowest BCUT2D eigenvalue weighted by atomic mass is 10.3. The first kappa shape index (κ1) is 14.7. The van der Waals surface area contributed by atoms with Crippen molar-refractivity contribution in [1.29, 1.82) is 0 Å². The monoisotopic (exact) mass is 313 g/mol. The molecule has 0 unspecified atom stereocenters. The lowest BCUT2D eigenvalue weighted by Crippen LogP contribution is -2.34. The number of fused-ring (bicyclic) bond motifs is 1. The van der Waals surface area contributed by atoms with Crippen molar-refractivity contribution < 1.29 is 4.79 Å². The van der Waals surface area contributed by atoms with Gasteiger partial charge >= 0.3 is 5.69 Å². The van der Waals surface area contributed by atoms with Crippen molar-refractivity contribution in [2.45, 2.75) is 6.54 Å². The van der Waals surface area contributed by atoms with Gasteiger partial charge in [0.15, 0.2) is 11.3 Å². The number of carbonyl (C=O) groups excluding carboxylic acids is 1. The molecule has 1 amide bonds. The van der Waals surface area contributed by atoms with Crippen molar-refractivity contribution in [2.75, 3.05) is 18.5 Å². The van der Waals surface area contributed by atoms with E-state index in [0.717, 1.165) is 10.1 Å². The Labute approximate surface area is 131 Å². The van der Waals surface area contributed by atoms with Gasteiger partial charge in [0.1, 0.15) is 6.33 Å². The maximum Gasteiger partial charge on any atom is 0.353 e. The van der Waals surface area contributed by atoms with Crippen molar-refractivity contribution >= 4 is 17.2 Å². The molecule has 0 aliphatic carbocycles. The zero-order valence-electron chi connectivity index (χ0n) is 12.5. The molecule has 0 spiro atoms. The van der Waals surface area contributed by atoms with E-state index in [2.05, 4.69) is 15.3 Å². The van der Waals surface area contributed by atoms with Crippen molar-refractivity contribution in [3.05, 3.63) is 52.8 Å². The van der Waals surface area contributed by atoms with E-state index < -0.39 is 11.6 Å². The molecular weight excluding hydrogens is 298 g/mol. The molecule has 1 aromatic carbocycles. The number of amides is 1. The number of para-hydroxylation sites is 1. The van der Waals surface area contributed by atoms with Gasteiger partial charge in [-0.3, -0.25) is 4.79 Å². The minimum atomic E-state index is -0.747. The van der Waals surface area contributed by atoms with Crippen LogP contribution in [-0.2, 0) is 6.54 Å². The number of aromatic nitrogens is 5. The number of likely N-dealkylation sites (N-methyl/N-ethyl adjacent to an activating group) is 1. The zero-order chi connectivity index (χ0) is 16.4. The van der Waals surface area contributed by atoms with Crippen molar-refractivity contribution in [2.24, 2.45) is 5.73 Å². The highest BCUT2D eigenvalue weighted by molar-refractivity contribution is 5.96. The van der Waals surface area contributed by atoms with Gasteiger partial charge in [-0.25, -0.2) is 14.2 Å². The van der Waals surface area contributed by atoms with Crippen LogP contribution in [0.4, 0.5) is 5.69 Å². The third-order valence-corrected chi connectivity index (χ3v) is 3.49. The maximum absolute atomic E-state index is 12.3. The molecule has 0 bridgehead atoms. The Morgan fingerprint density at radius 2 is 2.04 bits per heavy atom. The average molecular weight is 313 g/mol. The van der Waals surface area contributed by atoms with Crippen LogP contribution in [0.3, 0.4) is 0 Å². The highest BCUT2D eigenvalue weighted by Crippen LogP contribution is 2.10. The van der Waals surface area contributed by atoms with E-state index in [4.69, 9.17) is 5.73 Å². The number of anilines is 1. The standard InChI is InChI=1S/C14H15N7O2/c1-19(10-5-3-2-4-6-10)7-8-21-14(23)20-9-16-11(12(15)22)13(20)17-18-21/h2-6,9H,7-8H2,1H3,(H2,15,22). The average Bonchev–Trinajstić information content (AvgIpc) is 3.00. The van der Waals surface area contributed by atoms with Crippen LogP contribution in [0.25, 0.3) is 5.65 Å². The summed E-state index contributed by atoms with van der Waals surface area (Å²) in [5.74, 6) is -0.747. The van der Waals surface area contributed by atoms with E-state index in [9.17, 15) is 9.59 Å². The summed E-state index contributed by atoms with van der Waals surface area (Å²) < 4.78 is 2.38. The molecule has 3 rings (SSSR count). The lowest BCUT2D eigenvalue weighted by Gasteiger charge is -2.18. The first-order chi connectivity index (χ1) is 11.1. The second kappa shape index (κ2) is 5.87. The van der Waals surface area contributed by atoms with Gasteiger partial charge in [0.2, 0.25) is 0 Å². The van der Waals surface area contributed by atoms with Crippen LogP contribution >= 0.6 is 0 Å². The molecule has 0 fully saturated rings. The first-order valence-electron chi connectivity index (χ1n) is 6.95. The van der Waals surface area contributed by atoms with Crippen LogP contribution in [0.5, 0.6) is 0 Å². The zero-order valence-corrected chi connectivity index (χ0v) is 12.5. The quantitative estimate of drug-likeness (QED) is 0.681. The van der Waals surface area contributed by atoms with E-state index in [1.165, 1.54) is 11.0 Å². The van der Waals surface area contributed by atoms with Gasteiger partial charge in [-0.2, -0.15) is 4.68 Å². The first-order valence-corrected chi connectivity index (χ1v) is 6.95. The number of carbonyl (C=O) groups is 1. The number of primary amides is 1. The molecule has 0 atom stereocenters. The topological polar surface area (TPSA) is 111 Å². The predicted molar refractivity (Wildman–Crippen MR) is 83.3 cm³/mol. The van der Waals surface area contributed by atoms with Gasteiger partial charge in [-0.15, -0.1) is 5.10 Å². The third-order valence-electron chi connectivity index (χ3n) is 3.49. The number of nitrogens with two attached hydrogens (primary N) is 1. The number of rotatable bonds is 5. The van der Waals surface area contributed by atoms with Crippen LogP contribution in [0.15, 0.2) is 41.5 Å². The van der Waals surface area contributed by atoms with E-state index in [0.29, 0.717) is 13.1 Å². The summed E-state index contributed by atoms with van der Waals surface area (Å²) >= 11 is 0. The normalized spacial score (nSPS) is 10.8. The molecule has 118 valence electrons. The van der Waals surface area contributed by atoms with Crippen LogP contribution in [-0.4, -0.2) is 43.9 Å². The van der Waals surface area contributed by atoms with Gasteiger partial charge in [0.05, 0.1) is 6.54 Å². The molecule has 0 saturated carbocycles. The summed E-state index contributed by atoms with van der Waals surface area (Å²) in [4.78, 5) is 29.3. The van der Waals surface area contributed by atoms with E-state index in [1.807, 2.05) is 42.3 Å². The van der Waals surface area contributed by atoms with Crippen LogP contribution in [0, 0.1) is 0 Å². The number of imidazole rings is 1. The highest BCUT2D eigenvalue weighted by atomic mass is 16.2. The van der Waals surface area contributed by atoms with Crippen LogP contribution in [0.1, 0.15) is 10.5 Å². The molecule has 2 heterocycles. The maximum atomic E-state index is 12.3. The Morgan fingerprint density at radius 3 is 2.74 bits per heavy atom. The Kier molecular flexibility index (Phi) is 3.75. The van der Waals surface area contributed by atoms with E-state index in [1.54, 1.807) is 0 Å². The van der Waals surface area contributed by atoms with Gasteiger partial charge in [0, 0.05) is 19.3 Å². The van der Waals surface area contributed by atoms with Gasteiger partial charge < -0.3 is 10.6 Å². The summed E-state index contributed by atoms with van der Waals surface area (Å²) in [6, 6.07) is 9.79. The Morgan fingerprint density at radius 1 is 1.30 bits per heavy atom. The Bertz CT molecular complexity index is 900. The van der Waals surface area contributed by atoms with Crippen molar-refractivity contribution in [3.8, 4) is 0 Å². The van der Waals surface area contributed by atoms with E-state index >= 15 is 0 Å². The van der Waals surface area contributed by atoms with E-state index in [-0.39, 0.29) is 11.3 Å². The predicted octanol–water partition coefficient (Wildman–Crippen LogP) is -0.479. The lowest BCUT2D eigenvalue weighted by molar-refractivity contribution is 0.0997. The van der Waals surface area contributed by atoms with Gasteiger partial charge in [0.25, 0.3) is 5.91 Å². The summed E-state index contributed by atoms with van der Waals surface area (Å²) in [7, 11) is 1.93. The minimum absolute atomic E-state index is 0.0650. The number of nitrogens with zero attached hydrogens (tertiary/aromatic N) is 6. The summed E-state index contributed by atoms with van der Waals surface area (Å²) in [5, 5.41) is 7.71. The summed E-state index contributed by atoms with van der Waals surface area (Å²) in [6.07, 6.45) is 1.23. The molecule has 0 aliphatic heterocycles. The van der Waals surface area contributed by atoms with Crippen LogP contribution < -0.4 is 16.3 Å². The number of hydrogen-bond acceptors (Lipinski definition) is 6. The fourth-order valence-corrected chi connectivity index (χ4v) is 2.21. The van der Waals surface area contributed by atoms with Crippen LogP contribution in [0.2, 0.25) is 0 Å². The molecule has 0 saturated heterocycles. The Balaban J connectivity index is 1.83. The molecule has 2 N–H and O–H groups in total. The summed E-state index contributed by atoms with van der Waals surface area (Å²) in [6.45, 7) is 0.915. The molecule has 23 heavy (non-hydrogen) atoms. The molecule has 9 nitrogen and oxygen atoms in total. The van der Waals surface area contributed by atoms with Gasteiger partial charge in [-0.1, -0.05) is 23.4 Å². The number of benzene rings is 1. The smallest absolute Gasteiger partial charge is 0.353 e. The highest BCUT2D eigenvalue weighted by Gasteiger charge is 2.15. The fraction of sp³-hybridized carbons (Fsp3) is 0.214.